The highest BCUT2D eigenvalue weighted by Crippen LogP contribution is 2.26. The van der Waals surface area contributed by atoms with Gasteiger partial charge in [0.25, 0.3) is 0 Å². The molecule has 0 saturated carbocycles. The fourth-order valence-corrected chi connectivity index (χ4v) is 2.50. The zero-order valence-electron chi connectivity index (χ0n) is 12.4. The van der Waals surface area contributed by atoms with Crippen molar-refractivity contribution < 1.29 is 9.45 Å². The zero-order valence-corrected chi connectivity index (χ0v) is 12.4. The lowest BCUT2D eigenvalue weighted by atomic mass is 10.2. The summed E-state index contributed by atoms with van der Waals surface area (Å²) >= 11 is 0. The van der Waals surface area contributed by atoms with Crippen LogP contribution in [0.2, 0.25) is 0 Å². The van der Waals surface area contributed by atoms with Gasteiger partial charge in [0.1, 0.15) is 12.4 Å². The van der Waals surface area contributed by atoms with Crippen molar-refractivity contribution in [2.24, 2.45) is 0 Å². The van der Waals surface area contributed by atoms with Gasteiger partial charge in [0, 0.05) is 35.6 Å². The number of H-pyrrole nitrogens is 1. The van der Waals surface area contributed by atoms with Crippen molar-refractivity contribution in [2.75, 3.05) is 0 Å². The Hall–Kier alpha value is -3.49. The lowest BCUT2D eigenvalue weighted by Gasteiger charge is -1.95. The molecule has 4 rings (SSSR count). The van der Waals surface area contributed by atoms with E-state index in [0.29, 0.717) is 24.7 Å². The molecule has 0 aliphatic heterocycles. The molecule has 0 aliphatic carbocycles. The average Bonchev–Trinajstić information content (AvgIpc) is 3.31. The molecule has 0 bridgehead atoms. The molecular formula is C15H12N6O3. The quantitative estimate of drug-likeness (QED) is 0.445. The van der Waals surface area contributed by atoms with Crippen LogP contribution in [0.1, 0.15) is 5.89 Å². The number of nitro groups is 1. The second-order valence-corrected chi connectivity index (χ2v) is 5.23. The molecule has 0 saturated heterocycles. The lowest BCUT2D eigenvalue weighted by molar-refractivity contribution is -0.385. The third-order valence-corrected chi connectivity index (χ3v) is 3.68. The first-order chi connectivity index (χ1) is 11.7. The summed E-state index contributed by atoms with van der Waals surface area (Å²) in [6.07, 6.45) is 4.87. The summed E-state index contributed by atoms with van der Waals surface area (Å²) < 4.78 is 6.74. The van der Waals surface area contributed by atoms with Crippen molar-refractivity contribution in [2.45, 2.75) is 13.0 Å². The Morgan fingerprint density at radius 1 is 1.33 bits per heavy atom. The van der Waals surface area contributed by atoms with Gasteiger partial charge in [0.15, 0.2) is 0 Å². The van der Waals surface area contributed by atoms with E-state index in [1.54, 1.807) is 0 Å². The van der Waals surface area contributed by atoms with E-state index in [2.05, 4.69) is 20.2 Å². The van der Waals surface area contributed by atoms with E-state index < -0.39 is 4.92 Å². The predicted molar refractivity (Wildman–Crippen MR) is 84.2 cm³/mol. The third kappa shape index (κ3) is 2.51. The minimum Gasteiger partial charge on any atom is -0.360 e. The van der Waals surface area contributed by atoms with Gasteiger partial charge in [-0.3, -0.25) is 14.8 Å². The highest BCUT2D eigenvalue weighted by molar-refractivity contribution is 5.93. The van der Waals surface area contributed by atoms with Crippen LogP contribution < -0.4 is 0 Å². The minimum atomic E-state index is -0.481. The first kappa shape index (κ1) is 14.1. The molecule has 1 aromatic carbocycles. The number of aryl methyl sites for hydroxylation is 2. The second kappa shape index (κ2) is 5.61. The van der Waals surface area contributed by atoms with Crippen molar-refractivity contribution in [1.29, 1.82) is 0 Å². The molecule has 0 fully saturated rings. The van der Waals surface area contributed by atoms with Gasteiger partial charge in [-0.25, -0.2) is 0 Å². The van der Waals surface area contributed by atoms with Crippen LogP contribution in [0.4, 0.5) is 5.69 Å². The smallest absolute Gasteiger partial charge is 0.306 e. The van der Waals surface area contributed by atoms with E-state index in [9.17, 15) is 10.1 Å². The van der Waals surface area contributed by atoms with Crippen LogP contribution >= 0.6 is 0 Å². The second-order valence-electron chi connectivity index (χ2n) is 5.23. The highest BCUT2D eigenvalue weighted by atomic mass is 16.6. The van der Waals surface area contributed by atoms with Gasteiger partial charge in [0.05, 0.1) is 4.92 Å². The minimum absolute atomic E-state index is 0.0417. The van der Waals surface area contributed by atoms with Crippen LogP contribution in [0.25, 0.3) is 22.3 Å². The number of nitrogens with zero attached hydrogens (tertiary/aromatic N) is 5. The summed E-state index contributed by atoms with van der Waals surface area (Å²) in [5.41, 5.74) is 1.83. The molecule has 9 nitrogen and oxygen atoms in total. The average molecular weight is 324 g/mol. The number of benzene rings is 1. The maximum atomic E-state index is 10.6. The zero-order chi connectivity index (χ0) is 16.5. The molecule has 3 aromatic heterocycles. The van der Waals surface area contributed by atoms with Crippen molar-refractivity contribution >= 4 is 16.6 Å². The van der Waals surface area contributed by atoms with Gasteiger partial charge in [0.2, 0.25) is 11.7 Å². The van der Waals surface area contributed by atoms with Gasteiger partial charge in [-0.05, 0) is 6.07 Å². The molecule has 1 N–H and O–H groups in total. The molecule has 0 radical (unpaired) electrons. The number of nitrogens with one attached hydrogen (secondary N) is 1. The van der Waals surface area contributed by atoms with E-state index in [1.807, 2.05) is 30.5 Å². The fourth-order valence-electron chi connectivity index (χ4n) is 2.50. The molecule has 3 heterocycles. The van der Waals surface area contributed by atoms with Crippen molar-refractivity contribution in [1.82, 2.24) is 24.9 Å². The number of hydrogen-bond donors (Lipinski definition) is 1. The van der Waals surface area contributed by atoms with Gasteiger partial charge >= 0.3 is 5.69 Å². The van der Waals surface area contributed by atoms with Gasteiger partial charge in [-0.1, -0.05) is 23.4 Å². The van der Waals surface area contributed by atoms with Crippen LogP contribution in [-0.4, -0.2) is 29.8 Å². The highest BCUT2D eigenvalue weighted by Gasteiger charge is 2.14. The largest absolute Gasteiger partial charge is 0.360 e. The molecule has 120 valence electrons. The lowest BCUT2D eigenvalue weighted by Crippen LogP contribution is -2.01. The number of aromatic nitrogens is 5. The summed E-state index contributed by atoms with van der Waals surface area (Å²) in [6.45, 7) is 0.420. The first-order valence-corrected chi connectivity index (χ1v) is 7.26. The summed E-state index contributed by atoms with van der Waals surface area (Å²) in [5, 5.41) is 19.6. The maximum absolute atomic E-state index is 10.6. The van der Waals surface area contributed by atoms with E-state index in [1.165, 1.54) is 17.1 Å². The molecule has 4 aromatic rings. The number of para-hydroxylation sites is 1. The van der Waals surface area contributed by atoms with Crippen molar-refractivity contribution in [3.05, 3.63) is 58.9 Å². The number of aromatic amines is 1. The predicted octanol–water partition coefficient (Wildman–Crippen LogP) is 2.57. The maximum Gasteiger partial charge on any atom is 0.306 e. The number of rotatable bonds is 5. The van der Waals surface area contributed by atoms with Gasteiger partial charge in [-0.15, -0.1) is 0 Å². The molecule has 0 unspecified atom stereocenters. The van der Waals surface area contributed by atoms with E-state index in [4.69, 9.17) is 4.52 Å². The Balaban J connectivity index is 1.51. The molecular weight excluding hydrogens is 312 g/mol. The molecule has 0 spiro atoms. The summed E-state index contributed by atoms with van der Waals surface area (Å²) in [4.78, 5) is 17.7. The Morgan fingerprint density at radius 3 is 3.04 bits per heavy atom. The SMILES string of the molecule is O=[N+]([O-])c1cnn(CCc2nc(-c3c[nH]c4ccccc34)no2)c1. The Labute approximate surface area is 135 Å². The number of fused-ring (bicyclic) bond motifs is 1. The van der Waals surface area contributed by atoms with Gasteiger partial charge < -0.3 is 9.51 Å². The third-order valence-electron chi connectivity index (χ3n) is 3.68. The Morgan fingerprint density at radius 2 is 2.21 bits per heavy atom. The van der Waals surface area contributed by atoms with E-state index >= 15 is 0 Å². The van der Waals surface area contributed by atoms with Crippen LogP contribution in [0, 0.1) is 10.1 Å². The fraction of sp³-hybridized carbons (Fsp3) is 0.133. The molecule has 0 amide bonds. The summed E-state index contributed by atoms with van der Waals surface area (Å²) in [7, 11) is 0. The Kier molecular flexibility index (Phi) is 3.30. The van der Waals surface area contributed by atoms with Crippen molar-refractivity contribution in [3.63, 3.8) is 0 Å². The van der Waals surface area contributed by atoms with Crippen LogP contribution in [0.15, 0.2) is 47.4 Å². The molecule has 0 aliphatic rings. The van der Waals surface area contributed by atoms with Crippen LogP contribution in [0.5, 0.6) is 0 Å². The van der Waals surface area contributed by atoms with Crippen molar-refractivity contribution in [3.8, 4) is 11.4 Å². The topological polar surface area (TPSA) is 116 Å². The van der Waals surface area contributed by atoms with Crippen LogP contribution in [0.3, 0.4) is 0 Å². The van der Waals surface area contributed by atoms with Crippen LogP contribution in [-0.2, 0) is 13.0 Å². The Bertz CT molecular complexity index is 1020. The first-order valence-electron chi connectivity index (χ1n) is 7.26. The molecule has 0 atom stereocenters. The number of hydrogen-bond acceptors (Lipinski definition) is 6. The summed E-state index contributed by atoms with van der Waals surface area (Å²) in [5.74, 6) is 0.960. The molecule has 9 heteroatoms. The monoisotopic (exact) mass is 324 g/mol. The van der Waals surface area contributed by atoms with Gasteiger partial charge in [-0.2, -0.15) is 10.1 Å². The molecule has 24 heavy (non-hydrogen) atoms. The summed E-state index contributed by atoms with van der Waals surface area (Å²) in [6, 6.07) is 7.86. The van der Waals surface area contributed by atoms with E-state index in [-0.39, 0.29) is 5.69 Å². The standard InChI is InChI=1S/C15H12N6O3/c22-21(23)10-7-17-20(9-10)6-5-14-18-15(19-24-14)12-8-16-13-4-2-1-3-11(12)13/h1-4,7-9,16H,5-6H2. The van der Waals surface area contributed by atoms with E-state index in [0.717, 1.165) is 16.5 Å². The normalized spacial score (nSPS) is 11.2.